The molecule has 2 fully saturated rings. The Morgan fingerprint density at radius 2 is 1.80 bits per heavy atom. The molecule has 0 bridgehead atoms. The van der Waals surface area contributed by atoms with Gasteiger partial charge in [-0.25, -0.2) is 14.4 Å². The molecule has 0 aliphatic carbocycles. The third-order valence-corrected chi connectivity index (χ3v) is 7.26. The van der Waals surface area contributed by atoms with E-state index >= 15 is 4.39 Å². The van der Waals surface area contributed by atoms with Gasteiger partial charge in [0, 0.05) is 51.2 Å². The lowest BCUT2D eigenvalue weighted by atomic mass is 9.72. The fourth-order valence-electron chi connectivity index (χ4n) is 5.43. The highest BCUT2D eigenvalue weighted by atomic mass is 19.1. The molecule has 0 spiro atoms. The van der Waals surface area contributed by atoms with Crippen LogP contribution in [-0.4, -0.2) is 54.6 Å². The Bertz CT molecular complexity index is 1190. The first-order valence-electron chi connectivity index (χ1n) is 12.2. The van der Waals surface area contributed by atoms with Gasteiger partial charge >= 0.3 is 0 Å². The lowest BCUT2D eigenvalue weighted by Crippen LogP contribution is -2.50. The van der Waals surface area contributed by atoms with Gasteiger partial charge in [0.05, 0.1) is 17.2 Å². The zero-order valence-electron chi connectivity index (χ0n) is 20.3. The van der Waals surface area contributed by atoms with Crippen LogP contribution in [0, 0.1) is 5.82 Å². The second-order valence-corrected chi connectivity index (χ2v) is 9.56. The predicted molar refractivity (Wildman–Crippen MR) is 134 cm³/mol. The number of carbonyl (C=O) groups is 1. The summed E-state index contributed by atoms with van der Waals surface area (Å²) in [4.78, 5) is 27.7. The number of amides is 1. The average molecular weight is 475 g/mol. The topological polar surface area (TPSA) is 58.6 Å². The summed E-state index contributed by atoms with van der Waals surface area (Å²) >= 11 is 0. The van der Waals surface area contributed by atoms with Crippen molar-refractivity contribution >= 4 is 11.9 Å². The van der Waals surface area contributed by atoms with E-state index < -0.39 is 5.41 Å². The third kappa shape index (κ3) is 4.29. The molecule has 2 aliphatic rings. The standard InChI is InChI=1S/C28H31FN4O2/c1-32(2)27-30-19-21(20-9-4-3-5-10-20)25(31-27)24-13-8-16-33(24)26(34)28(14-17-35-18-15-28)22-11-6-7-12-23(22)29/h3-7,9-12,19,24H,8,13-18H2,1-2H3. The quantitative estimate of drug-likeness (QED) is 0.534. The summed E-state index contributed by atoms with van der Waals surface area (Å²) in [5, 5.41) is 0. The maximum absolute atomic E-state index is 15.1. The van der Waals surface area contributed by atoms with Crippen LogP contribution in [0.4, 0.5) is 10.3 Å². The van der Waals surface area contributed by atoms with Crippen LogP contribution in [0.5, 0.6) is 0 Å². The molecule has 0 N–H and O–H groups in total. The van der Waals surface area contributed by atoms with E-state index in [2.05, 4.69) is 4.98 Å². The van der Waals surface area contributed by atoms with E-state index in [1.54, 1.807) is 12.1 Å². The summed E-state index contributed by atoms with van der Waals surface area (Å²) in [5.74, 6) is 0.242. The predicted octanol–water partition coefficient (Wildman–Crippen LogP) is 4.76. The molecule has 2 saturated heterocycles. The van der Waals surface area contributed by atoms with Crippen molar-refractivity contribution < 1.29 is 13.9 Å². The van der Waals surface area contributed by atoms with Gasteiger partial charge in [-0.15, -0.1) is 0 Å². The van der Waals surface area contributed by atoms with Crippen molar-refractivity contribution in [3.63, 3.8) is 0 Å². The van der Waals surface area contributed by atoms with E-state index in [0.29, 0.717) is 44.1 Å². The molecule has 3 aromatic rings. The second kappa shape index (κ2) is 9.74. The van der Waals surface area contributed by atoms with Crippen LogP contribution >= 0.6 is 0 Å². The Morgan fingerprint density at radius 3 is 2.51 bits per heavy atom. The zero-order valence-corrected chi connectivity index (χ0v) is 20.3. The van der Waals surface area contributed by atoms with Crippen molar-refractivity contribution in [1.82, 2.24) is 14.9 Å². The van der Waals surface area contributed by atoms with Crippen molar-refractivity contribution in [3.8, 4) is 11.1 Å². The fraction of sp³-hybridized carbons (Fsp3) is 0.393. The lowest BCUT2D eigenvalue weighted by molar-refractivity contribution is -0.142. The Labute approximate surface area is 205 Å². The molecule has 1 atom stereocenters. The fourth-order valence-corrected chi connectivity index (χ4v) is 5.43. The number of anilines is 1. The average Bonchev–Trinajstić information content (AvgIpc) is 3.39. The zero-order chi connectivity index (χ0) is 24.4. The molecular formula is C28H31FN4O2. The van der Waals surface area contributed by atoms with Crippen molar-refractivity contribution in [2.75, 3.05) is 38.8 Å². The summed E-state index contributed by atoms with van der Waals surface area (Å²) < 4.78 is 20.7. The van der Waals surface area contributed by atoms with Gasteiger partial charge in [0.2, 0.25) is 11.9 Å². The number of nitrogens with zero attached hydrogens (tertiary/aromatic N) is 4. The molecule has 7 heteroatoms. The number of benzene rings is 2. The van der Waals surface area contributed by atoms with E-state index in [1.807, 2.05) is 66.5 Å². The molecular weight excluding hydrogens is 443 g/mol. The van der Waals surface area contributed by atoms with Crippen molar-refractivity contribution in [2.45, 2.75) is 37.1 Å². The van der Waals surface area contributed by atoms with Gasteiger partial charge in [0.25, 0.3) is 0 Å². The summed E-state index contributed by atoms with van der Waals surface area (Å²) in [6.07, 6.45) is 4.46. The summed E-state index contributed by atoms with van der Waals surface area (Å²) in [6, 6.07) is 16.5. The van der Waals surface area contributed by atoms with Crippen molar-refractivity contribution in [2.24, 2.45) is 0 Å². The van der Waals surface area contributed by atoms with Gasteiger partial charge in [-0.2, -0.15) is 0 Å². The number of halogens is 1. The number of hydrogen-bond acceptors (Lipinski definition) is 5. The number of rotatable bonds is 5. The first-order valence-corrected chi connectivity index (χ1v) is 12.2. The van der Waals surface area contributed by atoms with Crippen LogP contribution in [0.25, 0.3) is 11.1 Å². The van der Waals surface area contributed by atoms with Crippen LogP contribution in [0.1, 0.15) is 43.0 Å². The summed E-state index contributed by atoms with van der Waals surface area (Å²) in [6.45, 7) is 1.49. The van der Waals surface area contributed by atoms with Gasteiger partial charge in [-0.05, 0) is 37.3 Å². The second-order valence-electron chi connectivity index (χ2n) is 9.56. The van der Waals surface area contributed by atoms with Crippen LogP contribution in [0.15, 0.2) is 60.8 Å². The van der Waals surface area contributed by atoms with E-state index in [4.69, 9.17) is 9.72 Å². The normalized spacial score (nSPS) is 19.5. The minimum Gasteiger partial charge on any atom is -0.381 e. The smallest absolute Gasteiger partial charge is 0.234 e. The first kappa shape index (κ1) is 23.4. The monoisotopic (exact) mass is 474 g/mol. The largest absolute Gasteiger partial charge is 0.381 e. The van der Waals surface area contributed by atoms with Gasteiger partial charge < -0.3 is 14.5 Å². The molecule has 35 heavy (non-hydrogen) atoms. The van der Waals surface area contributed by atoms with E-state index in [1.165, 1.54) is 6.07 Å². The third-order valence-electron chi connectivity index (χ3n) is 7.26. The summed E-state index contributed by atoms with van der Waals surface area (Å²) in [5.41, 5.74) is 2.32. The van der Waals surface area contributed by atoms with Crippen LogP contribution in [-0.2, 0) is 14.9 Å². The minimum absolute atomic E-state index is 0.0302. The highest BCUT2D eigenvalue weighted by Gasteiger charge is 2.48. The van der Waals surface area contributed by atoms with Crippen LogP contribution in [0.2, 0.25) is 0 Å². The van der Waals surface area contributed by atoms with Crippen molar-refractivity contribution in [3.05, 3.63) is 77.9 Å². The van der Waals surface area contributed by atoms with Gasteiger partial charge in [-0.1, -0.05) is 48.5 Å². The van der Waals surface area contributed by atoms with Gasteiger partial charge in [0.1, 0.15) is 5.82 Å². The van der Waals surface area contributed by atoms with Crippen LogP contribution in [0.3, 0.4) is 0 Å². The highest BCUT2D eigenvalue weighted by Crippen LogP contribution is 2.44. The number of likely N-dealkylation sites (tertiary alicyclic amines) is 1. The molecule has 5 rings (SSSR count). The molecule has 0 saturated carbocycles. The molecule has 6 nitrogen and oxygen atoms in total. The molecule has 182 valence electrons. The van der Waals surface area contributed by atoms with Gasteiger partial charge in [-0.3, -0.25) is 4.79 Å². The Hall–Kier alpha value is -3.32. The number of aromatic nitrogens is 2. The number of carbonyl (C=O) groups excluding carboxylic acids is 1. The van der Waals surface area contributed by atoms with E-state index in [9.17, 15) is 4.79 Å². The van der Waals surface area contributed by atoms with Crippen LogP contribution < -0.4 is 4.90 Å². The number of hydrogen-bond donors (Lipinski definition) is 0. The van der Waals surface area contributed by atoms with E-state index in [0.717, 1.165) is 29.7 Å². The summed E-state index contributed by atoms with van der Waals surface area (Å²) in [7, 11) is 3.82. The highest BCUT2D eigenvalue weighted by molar-refractivity contribution is 5.89. The van der Waals surface area contributed by atoms with E-state index in [-0.39, 0.29) is 17.8 Å². The molecule has 1 aromatic heterocycles. The SMILES string of the molecule is CN(C)c1ncc(-c2ccccc2)c(C2CCCN2C(=O)C2(c3ccccc3F)CCOCC2)n1. The maximum atomic E-state index is 15.1. The molecule has 2 aromatic carbocycles. The van der Waals surface area contributed by atoms with Crippen molar-refractivity contribution in [1.29, 1.82) is 0 Å². The molecule has 3 heterocycles. The lowest BCUT2D eigenvalue weighted by Gasteiger charge is -2.41. The first-order chi connectivity index (χ1) is 17.0. The molecule has 2 aliphatic heterocycles. The number of ether oxygens (including phenoxy) is 1. The Balaban J connectivity index is 1.59. The Kier molecular flexibility index (Phi) is 6.52. The minimum atomic E-state index is -0.934. The maximum Gasteiger partial charge on any atom is 0.234 e. The molecule has 1 unspecified atom stereocenters. The van der Waals surface area contributed by atoms with Gasteiger partial charge in [0.15, 0.2) is 0 Å². The molecule has 0 radical (unpaired) electrons. The molecule has 1 amide bonds. The Morgan fingerprint density at radius 1 is 1.09 bits per heavy atom.